The molecular formula is C14H17ClN2O. The minimum Gasteiger partial charge on any atom is -0.375 e. The molecule has 18 heavy (non-hydrogen) atoms. The van der Waals surface area contributed by atoms with Gasteiger partial charge >= 0.3 is 0 Å². The number of hydrogen-bond acceptors (Lipinski definition) is 2. The van der Waals surface area contributed by atoms with Gasteiger partial charge in [0.1, 0.15) is 0 Å². The maximum absolute atomic E-state index is 6.39. The van der Waals surface area contributed by atoms with Crippen LogP contribution in [0.15, 0.2) is 24.4 Å². The van der Waals surface area contributed by atoms with Crippen LogP contribution in [0, 0.1) is 6.92 Å². The van der Waals surface area contributed by atoms with Crippen molar-refractivity contribution in [2.24, 2.45) is 0 Å². The van der Waals surface area contributed by atoms with Crippen molar-refractivity contribution in [1.29, 1.82) is 0 Å². The van der Waals surface area contributed by atoms with E-state index in [1.54, 1.807) is 0 Å². The fraction of sp³-hybridized carbons (Fsp3) is 0.429. The minimum atomic E-state index is 0.242. The van der Waals surface area contributed by atoms with Crippen molar-refractivity contribution in [2.45, 2.75) is 19.4 Å². The van der Waals surface area contributed by atoms with Gasteiger partial charge in [-0.25, -0.2) is 0 Å². The number of morpholine rings is 1. The van der Waals surface area contributed by atoms with Gasteiger partial charge in [0, 0.05) is 31.4 Å². The lowest BCUT2D eigenvalue weighted by Gasteiger charge is -2.23. The number of ether oxygens (including phenoxy) is 1. The molecular weight excluding hydrogens is 248 g/mol. The van der Waals surface area contributed by atoms with Gasteiger partial charge in [-0.3, -0.25) is 0 Å². The molecule has 0 amide bonds. The van der Waals surface area contributed by atoms with Crippen LogP contribution in [-0.2, 0) is 11.2 Å². The van der Waals surface area contributed by atoms with Crippen LogP contribution < -0.4 is 5.32 Å². The predicted molar refractivity (Wildman–Crippen MR) is 73.5 cm³/mol. The minimum absolute atomic E-state index is 0.242. The molecule has 1 atom stereocenters. The number of aromatic nitrogens is 1. The molecule has 1 saturated heterocycles. The highest BCUT2D eigenvalue weighted by Crippen LogP contribution is 2.28. The summed E-state index contributed by atoms with van der Waals surface area (Å²) in [5.74, 6) is 0. The second-order valence-electron chi connectivity index (χ2n) is 4.74. The Morgan fingerprint density at radius 1 is 1.50 bits per heavy atom. The first kappa shape index (κ1) is 12.0. The highest BCUT2D eigenvalue weighted by Gasteiger charge is 2.19. The summed E-state index contributed by atoms with van der Waals surface area (Å²) in [6.07, 6.45) is 3.21. The third kappa shape index (κ3) is 2.03. The smallest absolute Gasteiger partial charge is 0.0754 e. The SMILES string of the molecule is Cc1c(Cl)c2ccccn2c1CC1CNCCO1. The van der Waals surface area contributed by atoms with E-state index in [4.69, 9.17) is 16.3 Å². The first-order valence-corrected chi connectivity index (χ1v) is 6.71. The summed E-state index contributed by atoms with van der Waals surface area (Å²) in [5, 5.41) is 4.22. The van der Waals surface area contributed by atoms with E-state index in [0.29, 0.717) is 0 Å². The Hall–Kier alpha value is -1.03. The first-order valence-electron chi connectivity index (χ1n) is 6.33. The van der Waals surface area contributed by atoms with Gasteiger partial charge in [-0.05, 0) is 24.6 Å². The molecule has 0 aromatic carbocycles. The highest BCUT2D eigenvalue weighted by atomic mass is 35.5. The molecule has 3 rings (SSSR count). The standard InChI is InChI=1S/C14H17ClN2O/c1-10-13(8-11-9-16-5-7-18-11)17-6-3-2-4-12(17)14(10)15/h2-4,6,11,16H,5,7-9H2,1H3. The Kier molecular flexibility index (Phi) is 3.29. The van der Waals surface area contributed by atoms with Gasteiger partial charge in [-0.15, -0.1) is 0 Å². The van der Waals surface area contributed by atoms with Crippen LogP contribution in [0.3, 0.4) is 0 Å². The Morgan fingerprint density at radius 2 is 2.39 bits per heavy atom. The summed E-state index contributed by atoms with van der Waals surface area (Å²) in [7, 11) is 0. The van der Waals surface area contributed by atoms with E-state index in [2.05, 4.69) is 28.9 Å². The van der Waals surface area contributed by atoms with Crippen molar-refractivity contribution in [3.63, 3.8) is 0 Å². The molecule has 2 aromatic heterocycles. The van der Waals surface area contributed by atoms with E-state index < -0.39 is 0 Å². The largest absolute Gasteiger partial charge is 0.375 e. The first-order chi connectivity index (χ1) is 8.77. The summed E-state index contributed by atoms with van der Waals surface area (Å²) in [6, 6.07) is 6.11. The van der Waals surface area contributed by atoms with Crippen LogP contribution >= 0.6 is 11.6 Å². The fourth-order valence-electron chi connectivity index (χ4n) is 2.57. The second kappa shape index (κ2) is 4.92. The van der Waals surface area contributed by atoms with Crippen molar-refractivity contribution in [1.82, 2.24) is 9.72 Å². The van der Waals surface area contributed by atoms with Crippen LogP contribution in [0.5, 0.6) is 0 Å². The molecule has 1 unspecified atom stereocenters. The number of pyridine rings is 1. The molecule has 0 aliphatic carbocycles. The highest BCUT2D eigenvalue weighted by molar-refractivity contribution is 6.34. The Bertz CT molecular complexity index is 558. The number of nitrogens with zero attached hydrogens (tertiary/aromatic N) is 1. The Balaban J connectivity index is 1.97. The molecule has 1 fully saturated rings. The second-order valence-corrected chi connectivity index (χ2v) is 5.12. The lowest BCUT2D eigenvalue weighted by Crippen LogP contribution is -2.39. The van der Waals surface area contributed by atoms with Gasteiger partial charge < -0.3 is 14.5 Å². The number of nitrogens with one attached hydrogen (secondary N) is 1. The van der Waals surface area contributed by atoms with E-state index >= 15 is 0 Å². The van der Waals surface area contributed by atoms with Gasteiger partial charge in [0.2, 0.25) is 0 Å². The summed E-state index contributed by atoms with van der Waals surface area (Å²) in [6.45, 7) is 4.74. The number of rotatable bonds is 2. The van der Waals surface area contributed by atoms with E-state index in [9.17, 15) is 0 Å². The van der Waals surface area contributed by atoms with Crippen molar-refractivity contribution >= 4 is 17.1 Å². The van der Waals surface area contributed by atoms with Crippen molar-refractivity contribution < 1.29 is 4.74 Å². The zero-order valence-electron chi connectivity index (χ0n) is 10.4. The third-order valence-corrected chi connectivity index (χ3v) is 4.04. The molecule has 1 N–H and O–H groups in total. The van der Waals surface area contributed by atoms with E-state index in [1.807, 2.05) is 12.1 Å². The summed E-state index contributed by atoms with van der Waals surface area (Å²) >= 11 is 6.39. The molecule has 0 radical (unpaired) electrons. The topological polar surface area (TPSA) is 25.7 Å². The number of fused-ring (bicyclic) bond motifs is 1. The van der Waals surface area contributed by atoms with Crippen molar-refractivity contribution in [3.05, 3.63) is 40.7 Å². The normalized spacial score (nSPS) is 20.4. The quantitative estimate of drug-likeness (QED) is 0.902. The van der Waals surface area contributed by atoms with Crippen molar-refractivity contribution in [2.75, 3.05) is 19.7 Å². The lowest BCUT2D eigenvalue weighted by atomic mass is 10.1. The lowest BCUT2D eigenvalue weighted by molar-refractivity contribution is 0.0285. The van der Waals surface area contributed by atoms with Crippen molar-refractivity contribution in [3.8, 4) is 0 Å². The summed E-state index contributed by atoms with van der Waals surface area (Å²) < 4.78 is 7.95. The van der Waals surface area contributed by atoms with Gasteiger partial charge in [-0.2, -0.15) is 0 Å². The van der Waals surface area contributed by atoms with Gasteiger partial charge in [-0.1, -0.05) is 17.7 Å². The molecule has 96 valence electrons. The van der Waals surface area contributed by atoms with E-state index in [1.165, 1.54) is 5.69 Å². The molecule has 0 spiro atoms. The third-order valence-electron chi connectivity index (χ3n) is 3.56. The van der Waals surface area contributed by atoms with Crippen LogP contribution in [-0.4, -0.2) is 30.2 Å². The molecule has 4 heteroatoms. The molecule has 2 aromatic rings. The summed E-state index contributed by atoms with van der Waals surface area (Å²) in [5.41, 5.74) is 3.50. The average molecular weight is 265 g/mol. The summed E-state index contributed by atoms with van der Waals surface area (Å²) in [4.78, 5) is 0. The maximum atomic E-state index is 6.39. The molecule has 3 heterocycles. The predicted octanol–water partition coefficient (Wildman–Crippen LogP) is 2.43. The molecule has 1 aliphatic heterocycles. The Morgan fingerprint density at radius 3 is 3.17 bits per heavy atom. The number of hydrogen-bond donors (Lipinski definition) is 1. The Labute approximate surface area is 112 Å². The van der Waals surface area contributed by atoms with Crippen LogP contribution in [0.1, 0.15) is 11.3 Å². The zero-order valence-corrected chi connectivity index (χ0v) is 11.2. The molecule has 3 nitrogen and oxygen atoms in total. The van der Waals surface area contributed by atoms with E-state index in [-0.39, 0.29) is 6.10 Å². The van der Waals surface area contributed by atoms with Crippen LogP contribution in [0.25, 0.3) is 5.52 Å². The van der Waals surface area contributed by atoms with Gasteiger partial charge in [0.15, 0.2) is 0 Å². The van der Waals surface area contributed by atoms with Gasteiger partial charge in [0.05, 0.1) is 23.3 Å². The monoisotopic (exact) mass is 264 g/mol. The fourth-order valence-corrected chi connectivity index (χ4v) is 2.84. The van der Waals surface area contributed by atoms with E-state index in [0.717, 1.165) is 42.2 Å². The van der Waals surface area contributed by atoms with Crippen LogP contribution in [0.4, 0.5) is 0 Å². The molecule has 0 saturated carbocycles. The zero-order chi connectivity index (χ0) is 12.5. The molecule has 1 aliphatic rings. The number of halogens is 1. The van der Waals surface area contributed by atoms with Crippen LogP contribution in [0.2, 0.25) is 5.02 Å². The maximum Gasteiger partial charge on any atom is 0.0754 e. The van der Waals surface area contributed by atoms with Gasteiger partial charge in [0.25, 0.3) is 0 Å². The average Bonchev–Trinajstić information content (AvgIpc) is 2.66. The molecule has 0 bridgehead atoms.